The Hall–Kier alpha value is -1.71. The summed E-state index contributed by atoms with van der Waals surface area (Å²) in [6.45, 7) is 2.34. The van der Waals surface area contributed by atoms with Crippen LogP contribution in [0.25, 0.3) is 0 Å². The summed E-state index contributed by atoms with van der Waals surface area (Å²) in [5.74, 6) is -0.328. The largest absolute Gasteiger partial charge is 0.494 e. The molecule has 0 aromatic heterocycles. The molecule has 0 aliphatic rings. The Morgan fingerprint density at radius 2 is 2.29 bits per heavy atom. The minimum absolute atomic E-state index is 0.0460. The summed E-state index contributed by atoms with van der Waals surface area (Å²) >= 11 is 0. The predicted molar refractivity (Wildman–Crippen MR) is 53.4 cm³/mol. The van der Waals surface area contributed by atoms with Gasteiger partial charge in [0.1, 0.15) is 5.75 Å². The standard InChI is InChI=1S/C10H13NO3/c1-2-14-9-6-8(11)4-3-7(9)5-10(12)13/h3-4,6H,2,5,11H2,1H3,(H,12,13). The third kappa shape index (κ3) is 2.65. The molecule has 4 heteroatoms. The van der Waals surface area contributed by atoms with Crippen LogP contribution in [0.4, 0.5) is 5.69 Å². The fourth-order valence-corrected chi connectivity index (χ4v) is 1.17. The normalized spacial score (nSPS) is 9.79. The first-order chi connectivity index (χ1) is 6.63. The highest BCUT2D eigenvalue weighted by molar-refractivity contribution is 5.71. The molecule has 76 valence electrons. The Bertz CT molecular complexity index is 336. The Balaban J connectivity index is 2.95. The van der Waals surface area contributed by atoms with Crippen molar-refractivity contribution in [1.82, 2.24) is 0 Å². The van der Waals surface area contributed by atoms with Crippen LogP contribution in [-0.2, 0) is 11.2 Å². The van der Waals surface area contributed by atoms with Crippen molar-refractivity contribution in [3.63, 3.8) is 0 Å². The number of carboxylic acid groups (broad SMARTS) is 1. The molecule has 0 aliphatic carbocycles. The molecule has 0 radical (unpaired) electrons. The molecular weight excluding hydrogens is 182 g/mol. The van der Waals surface area contributed by atoms with Gasteiger partial charge in [0.05, 0.1) is 13.0 Å². The molecule has 0 spiro atoms. The van der Waals surface area contributed by atoms with Gasteiger partial charge in [0, 0.05) is 17.3 Å². The monoisotopic (exact) mass is 195 g/mol. The van der Waals surface area contributed by atoms with Crippen LogP contribution in [0.3, 0.4) is 0 Å². The second-order valence-corrected chi connectivity index (χ2v) is 2.87. The van der Waals surface area contributed by atoms with Crippen molar-refractivity contribution in [3.05, 3.63) is 23.8 Å². The summed E-state index contributed by atoms with van der Waals surface area (Å²) in [5, 5.41) is 8.64. The second kappa shape index (κ2) is 4.50. The maximum atomic E-state index is 10.5. The Labute approximate surface area is 82.3 Å². The van der Waals surface area contributed by atoms with Crippen LogP contribution >= 0.6 is 0 Å². The van der Waals surface area contributed by atoms with E-state index in [2.05, 4.69) is 0 Å². The molecule has 4 nitrogen and oxygen atoms in total. The van der Waals surface area contributed by atoms with Gasteiger partial charge in [0.15, 0.2) is 0 Å². The fraction of sp³-hybridized carbons (Fsp3) is 0.300. The highest BCUT2D eigenvalue weighted by atomic mass is 16.5. The van der Waals surface area contributed by atoms with Crippen molar-refractivity contribution in [2.24, 2.45) is 0 Å². The van der Waals surface area contributed by atoms with Gasteiger partial charge < -0.3 is 15.6 Å². The van der Waals surface area contributed by atoms with E-state index in [0.717, 1.165) is 0 Å². The number of ether oxygens (including phenoxy) is 1. The van der Waals surface area contributed by atoms with Crippen molar-refractivity contribution < 1.29 is 14.6 Å². The predicted octanol–water partition coefficient (Wildman–Crippen LogP) is 1.29. The Morgan fingerprint density at radius 3 is 2.86 bits per heavy atom. The minimum atomic E-state index is -0.879. The van der Waals surface area contributed by atoms with Gasteiger partial charge in [-0.3, -0.25) is 4.79 Å². The maximum Gasteiger partial charge on any atom is 0.307 e. The third-order valence-corrected chi connectivity index (χ3v) is 1.73. The lowest BCUT2D eigenvalue weighted by atomic mass is 10.1. The quantitative estimate of drug-likeness (QED) is 0.710. The molecular formula is C10H13NO3. The van der Waals surface area contributed by atoms with Gasteiger partial charge in [0.2, 0.25) is 0 Å². The summed E-state index contributed by atoms with van der Waals surface area (Å²) in [6, 6.07) is 4.98. The number of hydrogen-bond acceptors (Lipinski definition) is 3. The lowest BCUT2D eigenvalue weighted by Crippen LogP contribution is -2.04. The highest BCUT2D eigenvalue weighted by Gasteiger charge is 2.07. The molecule has 3 N–H and O–H groups in total. The zero-order chi connectivity index (χ0) is 10.6. The van der Waals surface area contributed by atoms with Gasteiger partial charge >= 0.3 is 5.97 Å². The van der Waals surface area contributed by atoms with Gasteiger partial charge in [-0.15, -0.1) is 0 Å². The first kappa shape index (κ1) is 10.4. The summed E-state index contributed by atoms with van der Waals surface area (Å²) < 4.78 is 5.28. The summed E-state index contributed by atoms with van der Waals surface area (Å²) in [7, 11) is 0. The number of rotatable bonds is 4. The molecule has 0 fully saturated rings. The molecule has 0 atom stereocenters. The van der Waals surface area contributed by atoms with Crippen molar-refractivity contribution in [2.45, 2.75) is 13.3 Å². The van der Waals surface area contributed by atoms with Crippen LogP contribution in [0.5, 0.6) is 5.75 Å². The van der Waals surface area contributed by atoms with Crippen LogP contribution in [0.1, 0.15) is 12.5 Å². The highest BCUT2D eigenvalue weighted by Crippen LogP contribution is 2.22. The summed E-state index contributed by atoms with van der Waals surface area (Å²) in [4.78, 5) is 10.5. The fourth-order valence-electron chi connectivity index (χ4n) is 1.17. The van der Waals surface area contributed by atoms with Crippen molar-refractivity contribution >= 4 is 11.7 Å². The molecule has 0 aliphatic heterocycles. The van der Waals surface area contributed by atoms with E-state index in [1.165, 1.54) is 0 Å². The van der Waals surface area contributed by atoms with Crippen LogP contribution < -0.4 is 10.5 Å². The Morgan fingerprint density at radius 1 is 1.57 bits per heavy atom. The van der Waals surface area contributed by atoms with Crippen molar-refractivity contribution in [3.8, 4) is 5.75 Å². The van der Waals surface area contributed by atoms with Crippen LogP contribution in [0.15, 0.2) is 18.2 Å². The smallest absolute Gasteiger partial charge is 0.307 e. The second-order valence-electron chi connectivity index (χ2n) is 2.87. The van der Waals surface area contributed by atoms with E-state index in [-0.39, 0.29) is 6.42 Å². The summed E-state index contributed by atoms with van der Waals surface area (Å²) in [5.41, 5.74) is 6.78. The average Bonchev–Trinajstić information content (AvgIpc) is 2.09. The molecule has 0 amide bonds. The zero-order valence-corrected chi connectivity index (χ0v) is 7.99. The molecule has 0 unspecified atom stereocenters. The number of anilines is 1. The van der Waals surface area contributed by atoms with E-state index < -0.39 is 5.97 Å². The number of aliphatic carboxylic acids is 1. The molecule has 0 heterocycles. The number of carboxylic acids is 1. The van der Waals surface area contributed by atoms with Gasteiger partial charge in [-0.2, -0.15) is 0 Å². The van der Waals surface area contributed by atoms with Gasteiger partial charge in [-0.05, 0) is 13.0 Å². The van der Waals surface area contributed by atoms with E-state index in [1.807, 2.05) is 6.92 Å². The number of nitrogens with two attached hydrogens (primary N) is 1. The minimum Gasteiger partial charge on any atom is -0.494 e. The van der Waals surface area contributed by atoms with E-state index in [4.69, 9.17) is 15.6 Å². The van der Waals surface area contributed by atoms with Gasteiger partial charge in [-0.1, -0.05) is 6.07 Å². The summed E-state index contributed by atoms with van der Waals surface area (Å²) in [6.07, 6.45) is -0.0460. The number of benzene rings is 1. The van der Waals surface area contributed by atoms with Crippen LogP contribution in [-0.4, -0.2) is 17.7 Å². The lowest BCUT2D eigenvalue weighted by Gasteiger charge is -2.09. The van der Waals surface area contributed by atoms with Crippen LogP contribution in [0.2, 0.25) is 0 Å². The van der Waals surface area contributed by atoms with E-state index in [9.17, 15) is 4.79 Å². The zero-order valence-electron chi connectivity index (χ0n) is 7.99. The number of nitrogen functional groups attached to an aromatic ring is 1. The maximum absolute atomic E-state index is 10.5. The number of carbonyl (C=O) groups is 1. The van der Waals surface area contributed by atoms with Crippen LogP contribution in [0, 0.1) is 0 Å². The topological polar surface area (TPSA) is 72.5 Å². The van der Waals surface area contributed by atoms with Gasteiger partial charge in [0.25, 0.3) is 0 Å². The first-order valence-electron chi connectivity index (χ1n) is 4.36. The number of hydrogen-bond donors (Lipinski definition) is 2. The molecule has 1 aromatic rings. The lowest BCUT2D eigenvalue weighted by molar-refractivity contribution is -0.136. The molecule has 0 saturated carbocycles. The molecule has 0 bridgehead atoms. The molecule has 0 saturated heterocycles. The van der Waals surface area contributed by atoms with Gasteiger partial charge in [-0.25, -0.2) is 0 Å². The molecule has 1 aromatic carbocycles. The van der Waals surface area contributed by atoms with E-state index in [1.54, 1.807) is 18.2 Å². The third-order valence-electron chi connectivity index (χ3n) is 1.73. The molecule has 14 heavy (non-hydrogen) atoms. The average molecular weight is 195 g/mol. The van der Waals surface area contributed by atoms with Crippen molar-refractivity contribution in [2.75, 3.05) is 12.3 Å². The SMILES string of the molecule is CCOc1cc(N)ccc1CC(=O)O. The Kier molecular flexibility index (Phi) is 3.34. The van der Waals surface area contributed by atoms with Crippen molar-refractivity contribution in [1.29, 1.82) is 0 Å². The van der Waals surface area contributed by atoms with E-state index in [0.29, 0.717) is 23.6 Å². The molecule has 1 rings (SSSR count). The van der Waals surface area contributed by atoms with E-state index >= 15 is 0 Å². The first-order valence-corrected chi connectivity index (χ1v) is 4.36.